The second kappa shape index (κ2) is 6.29. The zero-order valence-electron chi connectivity index (χ0n) is 13.6. The molecule has 0 aliphatic carbocycles. The highest BCUT2D eigenvalue weighted by atomic mass is 35.5. The van der Waals surface area contributed by atoms with Crippen molar-refractivity contribution in [3.8, 4) is 5.75 Å². The molecule has 3 rings (SSSR count). The van der Waals surface area contributed by atoms with Crippen LogP contribution in [0.5, 0.6) is 5.75 Å². The van der Waals surface area contributed by atoms with Crippen LogP contribution in [0, 0.1) is 0 Å². The number of carbonyl (C=O) groups is 2. The predicted molar refractivity (Wildman–Crippen MR) is 92.7 cm³/mol. The number of nitrogens with one attached hydrogen (secondary N) is 1. The summed E-state index contributed by atoms with van der Waals surface area (Å²) in [6, 6.07) is 12.2. The molecule has 1 N–H and O–H groups in total. The lowest BCUT2D eigenvalue weighted by atomic mass is 9.92. The highest BCUT2D eigenvalue weighted by Crippen LogP contribution is 2.33. The fourth-order valence-corrected chi connectivity index (χ4v) is 2.81. The average Bonchev–Trinajstić information content (AvgIpc) is 2.52. The highest BCUT2D eigenvalue weighted by Gasteiger charge is 2.32. The molecule has 0 radical (unpaired) electrons. The summed E-state index contributed by atoms with van der Waals surface area (Å²) in [6.45, 7) is 4.14. The van der Waals surface area contributed by atoms with Crippen LogP contribution in [0.1, 0.15) is 46.5 Å². The standard InChI is InChI=1S/C19H18ClNO3/c1-19(2)10-16(22)15-9-13(5-8-17(15)24-19)18(23)21-11-12-3-6-14(20)7-4-12/h3-9H,10-11H2,1-2H3,(H,21,23). The smallest absolute Gasteiger partial charge is 0.251 e. The molecule has 2 aromatic carbocycles. The number of ketones is 1. The van der Waals surface area contributed by atoms with Gasteiger partial charge in [0.25, 0.3) is 5.91 Å². The zero-order valence-corrected chi connectivity index (χ0v) is 14.3. The molecule has 1 aliphatic rings. The van der Waals surface area contributed by atoms with Crippen LogP contribution in [-0.4, -0.2) is 17.3 Å². The summed E-state index contributed by atoms with van der Waals surface area (Å²) in [5.74, 6) is 0.296. The summed E-state index contributed by atoms with van der Waals surface area (Å²) in [5, 5.41) is 3.49. The van der Waals surface area contributed by atoms with Crippen LogP contribution in [0.2, 0.25) is 5.02 Å². The van der Waals surface area contributed by atoms with E-state index in [1.807, 2.05) is 26.0 Å². The molecule has 124 valence electrons. The molecule has 0 aromatic heterocycles. The Bertz CT molecular complexity index is 797. The molecule has 0 bridgehead atoms. The number of hydrogen-bond acceptors (Lipinski definition) is 3. The van der Waals surface area contributed by atoms with E-state index in [0.717, 1.165) is 5.56 Å². The number of carbonyl (C=O) groups excluding carboxylic acids is 2. The summed E-state index contributed by atoms with van der Waals surface area (Å²) in [6.07, 6.45) is 0.301. The number of Topliss-reactive ketones (excluding diaryl/α,β-unsaturated/α-hetero) is 1. The van der Waals surface area contributed by atoms with E-state index in [1.165, 1.54) is 0 Å². The first-order valence-electron chi connectivity index (χ1n) is 7.73. The Morgan fingerprint density at radius 2 is 1.92 bits per heavy atom. The van der Waals surface area contributed by atoms with Gasteiger partial charge in [0.05, 0.1) is 12.0 Å². The van der Waals surface area contributed by atoms with Gasteiger partial charge in [-0.3, -0.25) is 9.59 Å². The minimum Gasteiger partial charge on any atom is -0.487 e. The Kier molecular flexibility index (Phi) is 4.33. The van der Waals surface area contributed by atoms with Gasteiger partial charge < -0.3 is 10.1 Å². The Morgan fingerprint density at radius 3 is 2.62 bits per heavy atom. The molecule has 0 fully saturated rings. The first kappa shape index (κ1) is 16.5. The van der Waals surface area contributed by atoms with Gasteiger partial charge in [-0.15, -0.1) is 0 Å². The van der Waals surface area contributed by atoms with Crippen molar-refractivity contribution in [3.05, 3.63) is 64.2 Å². The largest absolute Gasteiger partial charge is 0.487 e. The number of halogens is 1. The van der Waals surface area contributed by atoms with E-state index >= 15 is 0 Å². The monoisotopic (exact) mass is 343 g/mol. The lowest BCUT2D eigenvalue weighted by molar-refractivity contribution is 0.0620. The first-order valence-corrected chi connectivity index (χ1v) is 8.11. The molecule has 1 aliphatic heterocycles. The lowest BCUT2D eigenvalue weighted by Gasteiger charge is -2.31. The number of benzene rings is 2. The number of ether oxygens (including phenoxy) is 1. The summed E-state index contributed by atoms with van der Waals surface area (Å²) in [4.78, 5) is 24.6. The second-order valence-corrected chi connectivity index (χ2v) is 6.92. The molecule has 5 heteroatoms. The fourth-order valence-electron chi connectivity index (χ4n) is 2.68. The Hall–Kier alpha value is -2.33. The van der Waals surface area contributed by atoms with Gasteiger partial charge in [0, 0.05) is 17.1 Å². The van der Waals surface area contributed by atoms with Crippen LogP contribution in [0.15, 0.2) is 42.5 Å². The highest BCUT2D eigenvalue weighted by molar-refractivity contribution is 6.30. The molecule has 0 saturated carbocycles. The lowest BCUT2D eigenvalue weighted by Crippen LogP contribution is -2.36. The topological polar surface area (TPSA) is 55.4 Å². The SMILES string of the molecule is CC1(C)CC(=O)c2cc(C(=O)NCc3ccc(Cl)cc3)ccc2O1. The molecule has 4 nitrogen and oxygen atoms in total. The molecule has 0 spiro atoms. The van der Waals surface area contributed by atoms with E-state index in [1.54, 1.807) is 30.3 Å². The number of hydrogen-bond donors (Lipinski definition) is 1. The average molecular weight is 344 g/mol. The van der Waals surface area contributed by atoms with Crippen LogP contribution in [-0.2, 0) is 6.54 Å². The van der Waals surface area contributed by atoms with E-state index < -0.39 is 5.60 Å². The van der Waals surface area contributed by atoms with Gasteiger partial charge in [-0.1, -0.05) is 23.7 Å². The quantitative estimate of drug-likeness (QED) is 0.916. The molecule has 1 heterocycles. The van der Waals surface area contributed by atoms with E-state index in [0.29, 0.717) is 34.9 Å². The summed E-state index contributed by atoms with van der Waals surface area (Å²) >= 11 is 5.84. The zero-order chi connectivity index (χ0) is 17.3. The summed E-state index contributed by atoms with van der Waals surface area (Å²) in [7, 11) is 0. The van der Waals surface area contributed by atoms with Crippen molar-refractivity contribution in [1.29, 1.82) is 0 Å². The first-order chi connectivity index (χ1) is 11.3. The molecule has 0 saturated heterocycles. The molecule has 24 heavy (non-hydrogen) atoms. The molecule has 1 amide bonds. The van der Waals surface area contributed by atoms with Crippen LogP contribution in [0.25, 0.3) is 0 Å². The Morgan fingerprint density at radius 1 is 1.21 bits per heavy atom. The normalized spacial score (nSPS) is 15.4. The maximum absolute atomic E-state index is 12.3. The van der Waals surface area contributed by atoms with Crippen molar-refractivity contribution in [2.75, 3.05) is 0 Å². The van der Waals surface area contributed by atoms with Crippen molar-refractivity contribution < 1.29 is 14.3 Å². The van der Waals surface area contributed by atoms with Gasteiger partial charge in [0.2, 0.25) is 0 Å². The molecular formula is C19H18ClNO3. The van der Waals surface area contributed by atoms with E-state index in [2.05, 4.69) is 5.32 Å². The van der Waals surface area contributed by atoms with Crippen LogP contribution < -0.4 is 10.1 Å². The third kappa shape index (κ3) is 3.60. The van der Waals surface area contributed by atoms with Crippen LogP contribution >= 0.6 is 11.6 Å². The van der Waals surface area contributed by atoms with Crippen LogP contribution in [0.4, 0.5) is 0 Å². The van der Waals surface area contributed by atoms with Gasteiger partial charge in [0.15, 0.2) is 5.78 Å². The Balaban J connectivity index is 1.73. The van der Waals surface area contributed by atoms with Gasteiger partial charge in [-0.05, 0) is 49.7 Å². The maximum atomic E-state index is 12.3. The van der Waals surface area contributed by atoms with Crippen molar-refractivity contribution >= 4 is 23.3 Å². The van der Waals surface area contributed by atoms with Crippen molar-refractivity contribution in [2.45, 2.75) is 32.4 Å². The molecule has 0 atom stereocenters. The maximum Gasteiger partial charge on any atom is 0.251 e. The van der Waals surface area contributed by atoms with Crippen LogP contribution in [0.3, 0.4) is 0 Å². The third-order valence-electron chi connectivity index (χ3n) is 3.88. The van der Waals surface area contributed by atoms with E-state index in [4.69, 9.17) is 16.3 Å². The molecule has 0 unspecified atom stereocenters. The Labute approximate surface area is 145 Å². The fraction of sp³-hybridized carbons (Fsp3) is 0.263. The van der Waals surface area contributed by atoms with E-state index in [9.17, 15) is 9.59 Å². The minimum atomic E-state index is -0.511. The summed E-state index contributed by atoms with van der Waals surface area (Å²) < 4.78 is 5.80. The number of amides is 1. The van der Waals surface area contributed by atoms with E-state index in [-0.39, 0.29) is 11.7 Å². The minimum absolute atomic E-state index is 0.00592. The number of fused-ring (bicyclic) bond motifs is 1. The van der Waals surface area contributed by atoms with Gasteiger partial charge in [-0.2, -0.15) is 0 Å². The molecule has 2 aromatic rings. The van der Waals surface area contributed by atoms with Crippen molar-refractivity contribution in [2.24, 2.45) is 0 Å². The van der Waals surface area contributed by atoms with Crippen molar-refractivity contribution in [1.82, 2.24) is 5.32 Å². The molecular weight excluding hydrogens is 326 g/mol. The second-order valence-electron chi connectivity index (χ2n) is 6.48. The predicted octanol–water partition coefficient (Wildman–Crippen LogP) is 4.01. The third-order valence-corrected chi connectivity index (χ3v) is 4.13. The van der Waals surface area contributed by atoms with Crippen molar-refractivity contribution in [3.63, 3.8) is 0 Å². The van der Waals surface area contributed by atoms with Gasteiger partial charge in [-0.25, -0.2) is 0 Å². The van der Waals surface area contributed by atoms with Gasteiger partial charge in [0.1, 0.15) is 11.4 Å². The summed E-state index contributed by atoms with van der Waals surface area (Å²) in [5.41, 5.74) is 1.35. The van der Waals surface area contributed by atoms with Gasteiger partial charge >= 0.3 is 0 Å². The number of rotatable bonds is 3.